The van der Waals surface area contributed by atoms with Crippen molar-refractivity contribution in [1.82, 2.24) is 4.57 Å². The molecule has 0 aliphatic heterocycles. The van der Waals surface area contributed by atoms with Crippen LogP contribution in [0.4, 0.5) is 14.5 Å². The Bertz CT molecular complexity index is 1160. The Morgan fingerprint density at radius 2 is 1.83 bits per heavy atom. The second kappa shape index (κ2) is 8.29. The average molecular weight is 412 g/mol. The van der Waals surface area contributed by atoms with Gasteiger partial charge in [0.15, 0.2) is 0 Å². The number of nitriles is 1. The highest BCUT2D eigenvalue weighted by Crippen LogP contribution is 2.26. The molecular formula is C22H16ClF2N3O. The number of amides is 1. The second-order valence-electron chi connectivity index (χ2n) is 6.39. The number of rotatable bonds is 4. The van der Waals surface area contributed by atoms with Gasteiger partial charge in [-0.05, 0) is 74.0 Å². The summed E-state index contributed by atoms with van der Waals surface area (Å²) in [7, 11) is 0. The highest BCUT2D eigenvalue weighted by Gasteiger charge is 2.15. The van der Waals surface area contributed by atoms with Crippen molar-refractivity contribution in [2.75, 3.05) is 5.32 Å². The number of halogens is 3. The first-order valence-electron chi connectivity index (χ1n) is 8.63. The number of benzene rings is 2. The lowest BCUT2D eigenvalue weighted by Crippen LogP contribution is -2.13. The summed E-state index contributed by atoms with van der Waals surface area (Å²) in [5.41, 5.74) is 3.19. The minimum atomic E-state index is -0.603. The molecule has 29 heavy (non-hydrogen) atoms. The molecule has 4 nitrogen and oxygen atoms in total. The minimum absolute atomic E-state index is 0.00322. The first-order valence-corrected chi connectivity index (χ1v) is 9.01. The maximum absolute atomic E-state index is 13.5. The zero-order valence-corrected chi connectivity index (χ0v) is 16.4. The normalized spacial score (nSPS) is 11.2. The Morgan fingerprint density at radius 1 is 1.14 bits per heavy atom. The zero-order chi connectivity index (χ0) is 21.1. The molecule has 0 saturated heterocycles. The van der Waals surface area contributed by atoms with Crippen molar-refractivity contribution in [3.05, 3.63) is 87.7 Å². The standard InChI is InChI=1S/C22H16ClF2N3O/c1-13-9-15(14(2)28(13)19-7-8-21(25)20(23)11-19)10-16(12-26)22(29)27-18-5-3-17(24)4-6-18/h3-11H,1-2H3,(H,27,29)/b16-10-. The molecule has 0 saturated carbocycles. The van der Waals surface area contributed by atoms with Crippen LogP contribution in [0.15, 0.2) is 54.1 Å². The predicted octanol–water partition coefficient (Wildman–Crippen LogP) is 5.57. The van der Waals surface area contributed by atoms with E-state index in [-0.39, 0.29) is 10.6 Å². The van der Waals surface area contributed by atoms with E-state index in [0.717, 1.165) is 11.4 Å². The van der Waals surface area contributed by atoms with Crippen LogP contribution in [0.1, 0.15) is 17.0 Å². The van der Waals surface area contributed by atoms with Crippen LogP contribution in [0, 0.1) is 36.8 Å². The van der Waals surface area contributed by atoms with E-state index in [2.05, 4.69) is 5.32 Å². The third-order valence-electron chi connectivity index (χ3n) is 4.40. The summed E-state index contributed by atoms with van der Waals surface area (Å²) >= 11 is 5.89. The van der Waals surface area contributed by atoms with E-state index < -0.39 is 17.5 Å². The van der Waals surface area contributed by atoms with E-state index in [1.807, 2.05) is 30.6 Å². The lowest BCUT2D eigenvalue weighted by molar-refractivity contribution is -0.112. The maximum atomic E-state index is 13.5. The molecule has 0 unspecified atom stereocenters. The van der Waals surface area contributed by atoms with Crippen LogP contribution in [0.5, 0.6) is 0 Å². The summed E-state index contributed by atoms with van der Waals surface area (Å²) in [6.07, 6.45) is 1.48. The fourth-order valence-corrected chi connectivity index (χ4v) is 3.17. The van der Waals surface area contributed by atoms with Crippen LogP contribution in [-0.4, -0.2) is 10.5 Å². The number of aryl methyl sites for hydroxylation is 1. The van der Waals surface area contributed by atoms with Crippen molar-refractivity contribution < 1.29 is 13.6 Å². The van der Waals surface area contributed by atoms with Crippen LogP contribution < -0.4 is 5.32 Å². The molecule has 0 aliphatic rings. The van der Waals surface area contributed by atoms with Crippen LogP contribution in [0.2, 0.25) is 5.02 Å². The summed E-state index contributed by atoms with van der Waals surface area (Å²) < 4.78 is 28.3. The van der Waals surface area contributed by atoms with Gasteiger partial charge in [0.25, 0.3) is 5.91 Å². The lowest BCUT2D eigenvalue weighted by atomic mass is 10.1. The highest BCUT2D eigenvalue weighted by atomic mass is 35.5. The van der Waals surface area contributed by atoms with Gasteiger partial charge in [0, 0.05) is 22.8 Å². The molecule has 1 amide bonds. The number of nitrogens with zero attached hydrogens (tertiary/aromatic N) is 2. The molecule has 3 aromatic rings. The van der Waals surface area contributed by atoms with E-state index in [0.29, 0.717) is 16.9 Å². The molecule has 1 N–H and O–H groups in total. The number of hydrogen-bond acceptors (Lipinski definition) is 2. The number of hydrogen-bond donors (Lipinski definition) is 1. The number of anilines is 1. The van der Waals surface area contributed by atoms with Crippen LogP contribution in [0.3, 0.4) is 0 Å². The van der Waals surface area contributed by atoms with E-state index >= 15 is 0 Å². The van der Waals surface area contributed by atoms with Gasteiger partial charge in [-0.3, -0.25) is 4.79 Å². The van der Waals surface area contributed by atoms with Crippen molar-refractivity contribution in [1.29, 1.82) is 5.26 Å². The quantitative estimate of drug-likeness (QED) is 0.450. The van der Waals surface area contributed by atoms with Crippen molar-refractivity contribution >= 4 is 29.3 Å². The molecule has 0 radical (unpaired) electrons. The Hall–Kier alpha value is -3.43. The Labute approximate surface area is 171 Å². The Morgan fingerprint density at radius 3 is 2.45 bits per heavy atom. The number of carbonyl (C=O) groups excluding carboxylic acids is 1. The van der Waals surface area contributed by atoms with Crippen LogP contribution >= 0.6 is 11.6 Å². The van der Waals surface area contributed by atoms with Crippen LogP contribution in [-0.2, 0) is 4.79 Å². The molecule has 2 aromatic carbocycles. The SMILES string of the molecule is Cc1cc(/C=C(/C#N)C(=O)Nc2ccc(F)cc2)c(C)n1-c1ccc(F)c(Cl)c1. The highest BCUT2D eigenvalue weighted by molar-refractivity contribution is 6.30. The van der Waals surface area contributed by atoms with Gasteiger partial charge >= 0.3 is 0 Å². The smallest absolute Gasteiger partial charge is 0.266 e. The van der Waals surface area contributed by atoms with Crippen molar-refractivity contribution in [2.45, 2.75) is 13.8 Å². The maximum Gasteiger partial charge on any atom is 0.266 e. The monoisotopic (exact) mass is 411 g/mol. The third-order valence-corrected chi connectivity index (χ3v) is 4.69. The second-order valence-corrected chi connectivity index (χ2v) is 6.80. The first kappa shape index (κ1) is 20.3. The van der Waals surface area contributed by atoms with E-state index in [1.54, 1.807) is 6.07 Å². The molecule has 146 valence electrons. The summed E-state index contributed by atoms with van der Waals surface area (Å²) in [5.74, 6) is -1.54. The summed E-state index contributed by atoms with van der Waals surface area (Å²) in [6.45, 7) is 3.68. The van der Waals surface area contributed by atoms with Crippen LogP contribution in [0.25, 0.3) is 11.8 Å². The van der Waals surface area contributed by atoms with Crippen molar-refractivity contribution in [3.8, 4) is 11.8 Å². The first-order chi connectivity index (χ1) is 13.8. The molecule has 0 aliphatic carbocycles. The largest absolute Gasteiger partial charge is 0.321 e. The fraction of sp³-hybridized carbons (Fsp3) is 0.0909. The molecule has 1 aromatic heterocycles. The number of carbonyl (C=O) groups is 1. The van der Waals surface area contributed by atoms with Gasteiger partial charge in [0.05, 0.1) is 5.02 Å². The van der Waals surface area contributed by atoms with Gasteiger partial charge in [-0.2, -0.15) is 5.26 Å². The van der Waals surface area contributed by atoms with E-state index in [1.165, 1.54) is 42.5 Å². The fourth-order valence-electron chi connectivity index (χ4n) is 2.99. The Balaban J connectivity index is 1.94. The van der Waals surface area contributed by atoms with Gasteiger partial charge in [-0.25, -0.2) is 8.78 Å². The molecule has 0 spiro atoms. The van der Waals surface area contributed by atoms with Crippen molar-refractivity contribution in [2.24, 2.45) is 0 Å². The van der Waals surface area contributed by atoms with Gasteiger partial charge in [-0.1, -0.05) is 11.6 Å². The topological polar surface area (TPSA) is 57.8 Å². The number of aromatic nitrogens is 1. The van der Waals surface area contributed by atoms with Gasteiger partial charge in [-0.15, -0.1) is 0 Å². The lowest BCUT2D eigenvalue weighted by Gasteiger charge is -2.10. The molecule has 3 rings (SSSR count). The predicted molar refractivity (Wildman–Crippen MR) is 109 cm³/mol. The van der Waals surface area contributed by atoms with E-state index in [4.69, 9.17) is 11.6 Å². The van der Waals surface area contributed by atoms with Gasteiger partial charge in [0.2, 0.25) is 0 Å². The molecule has 0 atom stereocenters. The average Bonchev–Trinajstić information content (AvgIpc) is 2.97. The third kappa shape index (κ3) is 4.36. The molecule has 1 heterocycles. The summed E-state index contributed by atoms with van der Waals surface area (Å²) in [5, 5.41) is 12.0. The molecule has 0 bridgehead atoms. The number of nitrogens with one attached hydrogen (secondary N) is 1. The summed E-state index contributed by atoms with van der Waals surface area (Å²) in [4.78, 5) is 12.4. The Kier molecular flexibility index (Phi) is 5.81. The molecule has 0 fully saturated rings. The van der Waals surface area contributed by atoms with Crippen molar-refractivity contribution in [3.63, 3.8) is 0 Å². The van der Waals surface area contributed by atoms with Gasteiger partial charge in [0.1, 0.15) is 23.3 Å². The minimum Gasteiger partial charge on any atom is -0.321 e. The summed E-state index contributed by atoms with van der Waals surface area (Å²) in [6, 6.07) is 13.3. The van der Waals surface area contributed by atoms with E-state index in [9.17, 15) is 18.8 Å². The van der Waals surface area contributed by atoms with Gasteiger partial charge < -0.3 is 9.88 Å². The molecular weight excluding hydrogens is 396 g/mol. The zero-order valence-electron chi connectivity index (χ0n) is 15.6. The molecule has 7 heteroatoms.